The third-order valence-electron chi connectivity index (χ3n) is 2.56. The third kappa shape index (κ3) is 2.18. The molecule has 2 aromatic rings. The number of hydrogen-bond donors (Lipinski definition) is 2. The van der Waals surface area contributed by atoms with E-state index in [1.54, 1.807) is 0 Å². The van der Waals surface area contributed by atoms with Crippen LogP contribution < -0.4 is 5.32 Å². The van der Waals surface area contributed by atoms with E-state index in [1.165, 1.54) is 5.56 Å². The maximum atomic E-state index is 4.36. The zero-order valence-corrected chi connectivity index (χ0v) is 10.9. The van der Waals surface area contributed by atoms with Gasteiger partial charge in [0.15, 0.2) is 0 Å². The Morgan fingerprint density at radius 3 is 2.94 bits per heavy atom. The average molecular weight is 280 g/mol. The monoisotopic (exact) mass is 279 g/mol. The van der Waals surface area contributed by atoms with Crippen LogP contribution in [-0.4, -0.2) is 17.2 Å². The molecule has 2 N–H and O–H groups in total. The lowest BCUT2D eigenvalue weighted by Crippen LogP contribution is -2.06. The Labute approximate surface area is 103 Å². The molecular formula is C12H14BrN3. The molecule has 0 saturated heterocycles. The summed E-state index contributed by atoms with van der Waals surface area (Å²) < 4.78 is 1.07. The maximum absolute atomic E-state index is 4.36. The van der Waals surface area contributed by atoms with E-state index in [-0.39, 0.29) is 0 Å². The molecule has 1 aromatic carbocycles. The molecule has 0 amide bonds. The van der Waals surface area contributed by atoms with Gasteiger partial charge in [-0.05, 0) is 31.7 Å². The Hall–Kier alpha value is -1.13. The van der Waals surface area contributed by atoms with Crippen LogP contribution in [0.4, 0.5) is 0 Å². The minimum absolute atomic E-state index is 0.812. The Morgan fingerprint density at radius 1 is 1.44 bits per heavy atom. The van der Waals surface area contributed by atoms with E-state index in [0.29, 0.717) is 0 Å². The van der Waals surface area contributed by atoms with Crippen molar-refractivity contribution in [3.63, 3.8) is 0 Å². The second-order valence-corrected chi connectivity index (χ2v) is 4.63. The molecule has 0 aliphatic heterocycles. The molecule has 84 valence electrons. The second kappa shape index (κ2) is 4.80. The first-order valence-electron chi connectivity index (χ1n) is 5.16. The van der Waals surface area contributed by atoms with Gasteiger partial charge < -0.3 is 5.32 Å². The van der Waals surface area contributed by atoms with Crippen LogP contribution in [0.5, 0.6) is 0 Å². The van der Waals surface area contributed by atoms with Crippen molar-refractivity contribution in [3.05, 3.63) is 40.0 Å². The molecule has 0 fully saturated rings. The summed E-state index contributed by atoms with van der Waals surface area (Å²) in [5.41, 5.74) is 4.49. The Bertz CT molecular complexity index is 491. The molecule has 0 aliphatic carbocycles. The zero-order valence-electron chi connectivity index (χ0n) is 9.34. The summed E-state index contributed by atoms with van der Waals surface area (Å²) in [5.74, 6) is 0. The van der Waals surface area contributed by atoms with E-state index in [2.05, 4.69) is 50.5 Å². The van der Waals surface area contributed by atoms with E-state index >= 15 is 0 Å². The molecule has 0 bridgehead atoms. The molecule has 0 radical (unpaired) electrons. The fourth-order valence-electron chi connectivity index (χ4n) is 1.70. The van der Waals surface area contributed by atoms with Gasteiger partial charge in [0.2, 0.25) is 0 Å². The summed E-state index contributed by atoms with van der Waals surface area (Å²) in [6, 6.07) is 8.18. The highest BCUT2D eigenvalue weighted by atomic mass is 79.9. The van der Waals surface area contributed by atoms with E-state index in [4.69, 9.17) is 0 Å². The van der Waals surface area contributed by atoms with Gasteiger partial charge in [-0.15, -0.1) is 0 Å². The molecule has 1 aromatic heterocycles. The van der Waals surface area contributed by atoms with Crippen LogP contribution in [0.25, 0.3) is 11.3 Å². The highest BCUT2D eigenvalue weighted by molar-refractivity contribution is 9.10. The van der Waals surface area contributed by atoms with Crippen molar-refractivity contribution in [3.8, 4) is 11.3 Å². The van der Waals surface area contributed by atoms with E-state index in [1.807, 2.05) is 19.2 Å². The Kier molecular flexibility index (Phi) is 3.41. The summed E-state index contributed by atoms with van der Waals surface area (Å²) in [6.07, 6.45) is 0. The van der Waals surface area contributed by atoms with Crippen molar-refractivity contribution >= 4 is 15.9 Å². The molecule has 3 nitrogen and oxygen atoms in total. The third-order valence-corrected chi connectivity index (χ3v) is 3.06. The number of nitrogens with zero attached hydrogens (tertiary/aromatic N) is 1. The number of hydrogen-bond acceptors (Lipinski definition) is 2. The van der Waals surface area contributed by atoms with Crippen LogP contribution in [0.3, 0.4) is 0 Å². The zero-order chi connectivity index (χ0) is 11.5. The lowest BCUT2D eigenvalue weighted by atomic mass is 10.1. The average Bonchev–Trinajstić information content (AvgIpc) is 2.61. The molecule has 16 heavy (non-hydrogen) atoms. The molecule has 2 rings (SSSR count). The van der Waals surface area contributed by atoms with Crippen LogP contribution in [0.2, 0.25) is 0 Å². The first kappa shape index (κ1) is 11.4. The maximum Gasteiger partial charge on any atom is 0.0953 e. The Balaban J connectivity index is 2.41. The van der Waals surface area contributed by atoms with Crippen molar-refractivity contribution in [2.45, 2.75) is 13.5 Å². The first-order chi connectivity index (χ1) is 7.72. The summed E-state index contributed by atoms with van der Waals surface area (Å²) in [6.45, 7) is 2.90. The fourth-order valence-corrected chi connectivity index (χ4v) is 2.10. The fraction of sp³-hybridized carbons (Fsp3) is 0.250. The van der Waals surface area contributed by atoms with E-state index in [0.717, 1.165) is 28.0 Å². The van der Waals surface area contributed by atoms with Crippen LogP contribution >= 0.6 is 15.9 Å². The van der Waals surface area contributed by atoms with Crippen LogP contribution in [0.15, 0.2) is 28.7 Å². The molecule has 0 spiro atoms. The van der Waals surface area contributed by atoms with Gasteiger partial charge >= 0.3 is 0 Å². The van der Waals surface area contributed by atoms with Gasteiger partial charge in [-0.3, -0.25) is 5.10 Å². The molecule has 0 aliphatic rings. The first-order valence-corrected chi connectivity index (χ1v) is 5.96. The van der Waals surface area contributed by atoms with Crippen molar-refractivity contribution in [1.29, 1.82) is 0 Å². The SMILES string of the molecule is CNCc1[nH]nc(-c2cccc(Br)c2)c1C. The number of nitrogens with one attached hydrogen (secondary N) is 2. The number of rotatable bonds is 3. The number of aromatic amines is 1. The van der Waals surface area contributed by atoms with Gasteiger partial charge in [0.05, 0.1) is 11.4 Å². The number of aromatic nitrogens is 2. The molecule has 1 heterocycles. The quantitative estimate of drug-likeness (QED) is 0.907. The van der Waals surface area contributed by atoms with Gasteiger partial charge in [0.1, 0.15) is 0 Å². The van der Waals surface area contributed by atoms with E-state index in [9.17, 15) is 0 Å². The van der Waals surface area contributed by atoms with Crippen molar-refractivity contribution < 1.29 is 0 Å². The smallest absolute Gasteiger partial charge is 0.0953 e. The normalized spacial score (nSPS) is 10.7. The summed E-state index contributed by atoms with van der Waals surface area (Å²) in [5, 5.41) is 10.5. The predicted octanol–water partition coefficient (Wildman–Crippen LogP) is 2.87. The summed E-state index contributed by atoms with van der Waals surface area (Å²) in [4.78, 5) is 0. The second-order valence-electron chi connectivity index (χ2n) is 3.72. The number of benzene rings is 1. The van der Waals surface area contributed by atoms with Gasteiger partial charge in [-0.25, -0.2) is 0 Å². The van der Waals surface area contributed by atoms with Crippen molar-refractivity contribution in [1.82, 2.24) is 15.5 Å². The van der Waals surface area contributed by atoms with Gasteiger partial charge in [-0.1, -0.05) is 28.1 Å². The van der Waals surface area contributed by atoms with Crippen LogP contribution in [-0.2, 0) is 6.54 Å². The molecule has 0 atom stereocenters. The minimum atomic E-state index is 0.812. The van der Waals surface area contributed by atoms with Crippen LogP contribution in [0.1, 0.15) is 11.3 Å². The van der Waals surface area contributed by atoms with Gasteiger partial charge in [0, 0.05) is 16.6 Å². The summed E-state index contributed by atoms with van der Waals surface area (Å²) in [7, 11) is 1.93. The topological polar surface area (TPSA) is 40.7 Å². The molecular weight excluding hydrogens is 266 g/mol. The number of H-pyrrole nitrogens is 1. The van der Waals surface area contributed by atoms with Gasteiger partial charge in [-0.2, -0.15) is 5.10 Å². The lowest BCUT2D eigenvalue weighted by Gasteiger charge is -2.00. The van der Waals surface area contributed by atoms with Crippen molar-refractivity contribution in [2.75, 3.05) is 7.05 Å². The standard InChI is InChI=1S/C12H14BrN3/c1-8-11(7-14-2)15-16-12(8)9-4-3-5-10(13)6-9/h3-6,14H,7H2,1-2H3,(H,15,16). The minimum Gasteiger partial charge on any atom is -0.314 e. The highest BCUT2D eigenvalue weighted by Gasteiger charge is 2.10. The largest absolute Gasteiger partial charge is 0.314 e. The highest BCUT2D eigenvalue weighted by Crippen LogP contribution is 2.25. The van der Waals surface area contributed by atoms with Gasteiger partial charge in [0.25, 0.3) is 0 Å². The van der Waals surface area contributed by atoms with Crippen molar-refractivity contribution in [2.24, 2.45) is 0 Å². The lowest BCUT2D eigenvalue weighted by molar-refractivity contribution is 0.779. The predicted molar refractivity (Wildman–Crippen MR) is 69.2 cm³/mol. The molecule has 0 saturated carbocycles. The number of halogens is 1. The molecule has 0 unspecified atom stereocenters. The summed E-state index contributed by atoms with van der Waals surface area (Å²) >= 11 is 3.47. The molecule has 4 heteroatoms. The van der Waals surface area contributed by atoms with E-state index < -0.39 is 0 Å². The van der Waals surface area contributed by atoms with Crippen LogP contribution in [0, 0.1) is 6.92 Å². The Morgan fingerprint density at radius 2 is 2.25 bits per heavy atom.